The molecule has 9 heteroatoms. The van der Waals surface area contributed by atoms with Crippen LogP contribution in [0, 0.1) is 5.82 Å². The molecule has 1 saturated heterocycles. The van der Waals surface area contributed by atoms with E-state index >= 15 is 0 Å². The fraction of sp³-hybridized carbons (Fsp3) is 0.200. The number of likely N-dealkylation sites (N-methyl/N-ethyl adjacent to an activating group) is 1. The average molecular weight is 395 g/mol. The minimum Gasteiger partial charge on any atom is -0.376 e. The first-order valence-electron chi connectivity index (χ1n) is 8.90. The molecule has 2 amide bonds. The third kappa shape index (κ3) is 3.25. The number of likely N-dealkylation sites (tertiary alicyclic amines) is 1. The van der Waals surface area contributed by atoms with E-state index in [2.05, 4.69) is 10.1 Å². The molecule has 29 heavy (non-hydrogen) atoms. The molecule has 1 fully saturated rings. The average Bonchev–Trinajstić information content (AvgIpc) is 3.20. The second-order valence-corrected chi connectivity index (χ2v) is 6.98. The minimum atomic E-state index is -1.53. The first-order chi connectivity index (χ1) is 13.8. The molecule has 0 unspecified atom stereocenters. The topological polar surface area (TPSA) is 114 Å². The summed E-state index contributed by atoms with van der Waals surface area (Å²) in [4.78, 5) is 29.3. The zero-order chi connectivity index (χ0) is 20.8. The number of primary amides is 1. The number of carbonyl (C=O) groups excluding carboxylic acids is 2. The number of carbonyl (C=O) groups is 2. The number of hydrogen-bond acceptors (Lipinski definition) is 5. The first-order valence-corrected chi connectivity index (χ1v) is 8.90. The van der Waals surface area contributed by atoms with Crippen molar-refractivity contribution in [3.05, 3.63) is 59.7 Å². The van der Waals surface area contributed by atoms with Crippen LogP contribution in [0.3, 0.4) is 0 Å². The molecule has 3 aromatic rings. The lowest BCUT2D eigenvalue weighted by Gasteiger charge is -2.16. The highest BCUT2D eigenvalue weighted by molar-refractivity contribution is 6.03. The number of fused-ring (bicyclic) bond motifs is 1. The predicted molar refractivity (Wildman–Crippen MR) is 104 cm³/mol. The summed E-state index contributed by atoms with van der Waals surface area (Å²) in [5, 5.41) is 14.9. The Balaban J connectivity index is 1.74. The molecule has 1 aliphatic rings. The number of rotatable bonds is 4. The van der Waals surface area contributed by atoms with E-state index in [1.165, 1.54) is 15.7 Å². The summed E-state index contributed by atoms with van der Waals surface area (Å²) in [6.07, 6.45) is 4.47. The molecule has 1 aliphatic heterocycles. The van der Waals surface area contributed by atoms with Crippen molar-refractivity contribution in [2.75, 3.05) is 13.6 Å². The Kier molecular flexibility index (Phi) is 4.39. The normalized spacial score (nSPS) is 19.6. The summed E-state index contributed by atoms with van der Waals surface area (Å²) in [5.74, 6) is -1.74. The smallest absolute Gasteiger partial charge is 0.269 e. The van der Waals surface area contributed by atoms with Gasteiger partial charge in [-0.15, -0.1) is 0 Å². The highest BCUT2D eigenvalue weighted by atomic mass is 19.1. The SMILES string of the molecule is CN1CC[C@@](O)(C=Cc2cccc(-n3nc(C(N)=O)c4cc(F)cnc43)c2)C1=O. The van der Waals surface area contributed by atoms with Gasteiger partial charge in [0.05, 0.1) is 17.3 Å². The van der Waals surface area contributed by atoms with E-state index < -0.39 is 17.3 Å². The highest BCUT2D eigenvalue weighted by Crippen LogP contribution is 2.25. The van der Waals surface area contributed by atoms with Crippen LogP contribution in [0.5, 0.6) is 0 Å². The maximum absolute atomic E-state index is 13.6. The number of aromatic nitrogens is 3. The number of hydrogen-bond donors (Lipinski definition) is 2. The standard InChI is InChI=1S/C20H18FN5O3/c1-25-8-7-20(29,19(25)28)6-5-12-3-2-4-14(9-12)26-18-15(10-13(21)11-23-18)16(24-26)17(22)27/h2-6,9-11,29H,7-8H2,1H3,(H2,22,27)/t20-/m0/s1. The van der Waals surface area contributed by atoms with E-state index in [0.717, 1.165) is 12.3 Å². The minimum absolute atomic E-state index is 0.0816. The predicted octanol–water partition coefficient (Wildman–Crippen LogP) is 1.26. The molecule has 4 rings (SSSR count). The lowest BCUT2D eigenvalue weighted by Crippen LogP contribution is -2.36. The molecule has 0 saturated carbocycles. The maximum Gasteiger partial charge on any atom is 0.269 e. The molecule has 0 bridgehead atoms. The fourth-order valence-corrected chi connectivity index (χ4v) is 3.36. The Labute approximate surface area is 165 Å². The largest absolute Gasteiger partial charge is 0.376 e. The summed E-state index contributed by atoms with van der Waals surface area (Å²) < 4.78 is 15.0. The molecule has 3 heterocycles. The number of halogens is 1. The van der Waals surface area contributed by atoms with Crippen LogP contribution in [-0.4, -0.2) is 55.8 Å². The van der Waals surface area contributed by atoms with Crippen molar-refractivity contribution in [3.8, 4) is 5.69 Å². The quantitative estimate of drug-likeness (QED) is 0.690. The van der Waals surface area contributed by atoms with E-state index in [1.54, 1.807) is 37.4 Å². The monoisotopic (exact) mass is 395 g/mol. The van der Waals surface area contributed by atoms with Crippen LogP contribution in [0.1, 0.15) is 22.5 Å². The van der Waals surface area contributed by atoms with Crippen LogP contribution in [0.15, 0.2) is 42.6 Å². The molecule has 8 nitrogen and oxygen atoms in total. The zero-order valence-electron chi connectivity index (χ0n) is 15.5. The second-order valence-electron chi connectivity index (χ2n) is 6.98. The summed E-state index contributed by atoms with van der Waals surface area (Å²) in [5.41, 5.74) is 5.30. The van der Waals surface area contributed by atoms with E-state index in [1.807, 2.05) is 0 Å². The first kappa shape index (κ1) is 18.8. The van der Waals surface area contributed by atoms with Gasteiger partial charge in [-0.2, -0.15) is 5.10 Å². The van der Waals surface area contributed by atoms with Crippen LogP contribution in [0.25, 0.3) is 22.8 Å². The third-order valence-corrected chi connectivity index (χ3v) is 4.93. The molecule has 1 aromatic carbocycles. The van der Waals surface area contributed by atoms with E-state index in [0.29, 0.717) is 24.2 Å². The molecular weight excluding hydrogens is 377 g/mol. The van der Waals surface area contributed by atoms with E-state index in [9.17, 15) is 19.1 Å². The Morgan fingerprint density at radius 1 is 1.38 bits per heavy atom. The number of nitrogens with two attached hydrogens (primary N) is 1. The molecule has 0 aliphatic carbocycles. The molecule has 148 valence electrons. The van der Waals surface area contributed by atoms with E-state index in [-0.39, 0.29) is 22.6 Å². The van der Waals surface area contributed by atoms with Crippen molar-refractivity contribution in [1.82, 2.24) is 19.7 Å². The van der Waals surface area contributed by atoms with Gasteiger partial charge in [0.2, 0.25) is 0 Å². The number of nitrogens with zero attached hydrogens (tertiary/aromatic N) is 4. The maximum atomic E-state index is 13.6. The molecule has 2 aromatic heterocycles. The van der Waals surface area contributed by atoms with Crippen molar-refractivity contribution in [2.45, 2.75) is 12.0 Å². The van der Waals surface area contributed by atoms with Gasteiger partial charge in [0.15, 0.2) is 16.9 Å². The fourth-order valence-electron chi connectivity index (χ4n) is 3.36. The molecule has 3 N–H and O–H groups in total. The Bertz CT molecular complexity index is 1170. The molecule has 1 atom stereocenters. The number of amides is 2. The van der Waals surface area contributed by atoms with E-state index in [4.69, 9.17) is 5.73 Å². The summed E-state index contributed by atoms with van der Waals surface area (Å²) >= 11 is 0. The highest BCUT2D eigenvalue weighted by Gasteiger charge is 2.41. The third-order valence-electron chi connectivity index (χ3n) is 4.93. The van der Waals surface area contributed by atoms with Gasteiger partial charge in [-0.1, -0.05) is 18.2 Å². The van der Waals surface area contributed by atoms with Crippen LogP contribution in [-0.2, 0) is 4.79 Å². The van der Waals surface area contributed by atoms with Gasteiger partial charge < -0.3 is 15.7 Å². The van der Waals surface area contributed by atoms with Crippen LogP contribution >= 0.6 is 0 Å². The van der Waals surface area contributed by atoms with Gasteiger partial charge in [0.1, 0.15) is 5.82 Å². The summed E-state index contributed by atoms with van der Waals surface area (Å²) in [6, 6.07) is 8.18. The van der Waals surface area contributed by atoms with Gasteiger partial charge in [0.25, 0.3) is 11.8 Å². The van der Waals surface area contributed by atoms with Gasteiger partial charge in [0, 0.05) is 20.0 Å². The van der Waals surface area contributed by atoms with Crippen LogP contribution < -0.4 is 5.73 Å². The van der Waals surface area contributed by atoms with Crippen molar-refractivity contribution in [3.63, 3.8) is 0 Å². The molecular formula is C20H18FN5O3. The van der Waals surface area contributed by atoms with Crippen LogP contribution in [0.4, 0.5) is 4.39 Å². The van der Waals surface area contributed by atoms with Crippen molar-refractivity contribution >= 4 is 28.9 Å². The summed E-state index contributed by atoms with van der Waals surface area (Å²) in [7, 11) is 1.64. The van der Waals surface area contributed by atoms with Crippen molar-refractivity contribution < 1.29 is 19.1 Å². The second kappa shape index (κ2) is 6.78. The van der Waals surface area contributed by atoms with Crippen molar-refractivity contribution in [1.29, 1.82) is 0 Å². The lowest BCUT2D eigenvalue weighted by atomic mass is 10.0. The van der Waals surface area contributed by atoms with Gasteiger partial charge in [-0.25, -0.2) is 14.1 Å². The number of aliphatic hydroxyl groups is 1. The van der Waals surface area contributed by atoms with Gasteiger partial charge in [-0.05, 0) is 29.8 Å². The molecule has 0 spiro atoms. The lowest BCUT2D eigenvalue weighted by molar-refractivity contribution is -0.138. The summed E-state index contributed by atoms with van der Waals surface area (Å²) in [6.45, 7) is 0.483. The Morgan fingerprint density at radius 3 is 2.86 bits per heavy atom. The van der Waals surface area contributed by atoms with Gasteiger partial charge in [-0.3, -0.25) is 9.59 Å². The number of pyridine rings is 1. The van der Waals surface area contributed by atoms with Gasteiger partial charge >= 0.3 is 0 Å². The Morgan fingerprint density at radius 2 is 2.17 bits per heavy atom. The van der Waals surface area contributed by atoms with Crippen molar-refractivity contribution in [2.24, 2.45) is 5.73 Å². The Hall–Kier alpha value is -3.59. The number of benzene rings is 1. The molecule has 0 radical (unpaired) electrons. The zero-order valence-corrected chi connectivity index (χ0v) is 15.5. The van der Waals surface area contributed by atoms with Crippen LogP contribution in [0.2, 0.25) is 0 Å².